The van der Waals surface area contributed by atoms with Gasteiger partial charge in [-0.3, -0.25) is 0 Å². The maximum absolute atomic E-state index is 2.31. The second-order valence-corrected chi connectivity index (χ2v) is 10.5. The molecule has 0 radical (unpaired) electrons. The Bertz CT molecular complexity index is 390. The molecule has 0 aromatic heterocycles. The van der Waals surface area contributed by atoms with Gasteiger partial charge >= 0.3 is 0 Å². The fraction of sp³-hybridized carbons (Fsp3) is 0.385. The van der Waals surface area contributed by atoms with Crippen molar-refractivity contribution in [3.05, 3.63) is 40.5 Å². The van der Waals surface area contributed by atoms with Crippen LogP contribution < -0.4 is 0 Å². The average Bonchev–Trinajstić information content (AvgIpc) is 2.20. The fourth-order valence-electron chi connectivity index (χ4n) is 1.80. The van der Waals surface area contributed by atoms with E-state index in [0.29, 0.717) is 0 Å². The molecular formula is C13H22Si2. The van der Waals surface area contributed by atoms with Crippen molar-refractivity contribution in [3.8, 4) is 0 Å². The summed E-state index contributed by atoms with van der Waals surface area (Å²) >= 11 is 0. The van der Waals surface area contributed by atoms with Crippen LogP contribution in [0.3, 0.4) is 0 Å². The van der Waals surface area contributed by atoms with E-state index in [4.69, 9.17) is 0 Å². The molecule has 0 fully saturated rings. The van der Waals surface area contributed by atoms with Crippen molar-refractivity contribution in [2.24, 2.45) is 0 Å². The lowest BCUT2D eigenvalue weighted by atomic mass is 9.95. The van der Waals surface area contributed by atoms with Crippen LogP contribution in [0.1, 0.15) is 30.5 Å². The number of rotatable bonds is 2. The van der Waals surface area contributed by atoms with E-state index in [0.717, 1.165) is 5.16 Å². The standard InChI is InChI=1S/C13H22Si2/c1-8-6-5-7-12(9(8)2)10(3)11(4)13(14)15/h5-7,13H,1-4,14-15H3. The minimum atomic E-state index is 0.907. The van der Waals surface area contributed by atoms with Gasteiger partial charge in [0.25, 0.3) is 0 Å². The summed E-state index contributed by atoms with van der Waals surface area (Å²) in [5.41, 5.74) is 7.41. The van der Waals surface area contributed by atoms with Crippen molar-refractivity contribution >= 4 is 26.1 Å². The van der Waals surface area contributed by atoms with Gasteiger partial charge in [-0.2, -0.15) is 0 Å². The topological polar surface area (TPSA) is 0 Å². The summed E-state index contributed by atoms with van der Waals surface area (Å²) < 4.78 is 0. The summed E-state index contributed by atoms with van der Waals surface area (Å²) in [4.78, 5) is 0. The molecule has 0 heterocycles. The third kappa shape index (κ3) is 2.70. The van der Waals surface area contributed by atoms with Crippen molar-refractivity contribution < 1.29 is 0 Å². The van der Waals surface area contributed by atoms with Crippen LogP contribution in [0.2, 0.25) is 5.16 Å². The molecule has 0 saturated carbocycles. The Morgan fingerprint density at radius 3 is 2.27 bits per heavy atom. The highest BCUT2D eigenvalue weighted by Gasteiger charge is 2.07. The third-order valence-electron chi connectivity index (χ3n) is 3.47. The van der Waals surface area contributed by atoms with Gasteiger partial charge in [0.15, 0.2) is 0 Å². The Kier molecular flexibility index (Phi) is 4.11. The van der Waals surface area contributed by atoms with E-state index in [2.05, 4.69) is 45.9 Å². The maximum Gasteiger partial charge on any atom is 0.00740 e. The van der Waals surface area contributed by atoms with Crippen molar-refractivity contribution in [1.29, 1.82) is 0 Å². The van der Waals surface area contributed by atoms with Crippen LogP contribution in [-0.4, -0.2) is 20.5 Å². The Morgan fingerprint density at radius 1 is 1.13 bits per heavy atom. The molecule has 0 unspecified atom stereocenters. The molecule has 0 N–H and O–H groups in total. The zero-order valence-corrected chi connectivity index (χ0v) is 14.8. The molecule has 0 aliphatic carbocycles. The van der Waals surface area contributed by atoms with Gasteiger partial charge in [0.1, 0.15) is 0 Å². The van der Waals surface area contributed by atoms with Gasteiger partial charge in [0.05, 0.1) is 0 Å². The number of hydrogen-bond acceptors (Lipinski definition) is 0. The SMILES string of the molecule is CC(=C(C)C([SiH3])[SiH3])c1cccc(C)c1C. The van der Waals surface area contributed by atoms with Gasteiger partial charge in [0, 0.05) is 20.5 Å². The third-order valence-corrected chi connectivity index (χ3v) is 5.20. The molecular weight excluding hydrogens is 212 g/mol. The Labute approximate surface area is 99.6 Å². The summed E-state index contributed by atoms with van der Waals surface area (Å²) in [7, 11) is 2.60. The molecule has 0 aliphatic rings. The lowest BCUT2D eigenvalue weighted by molar-refractivity contribution is 1.26. The van der Waals surface area contributed by atoms with Gasteiger partial charge in [-0.15, -0.1) is 0 Å². The molecule has 1 aromatic carbocycles. The maximum atomic E-state index is 2.31. The van der Waals surface area contributed by atoms with E-state index < -0.39 is 0 Å². The van der Waals surface area contributed by atoms with Gasteiger partial charge < -0.3 is 0 Å². The van der Waals surface area contributed by atoms with Gasteiger partial charge in [-0.1, -0.05) is 23.8 Å². The normalized spacial score (nSPS) is 15.2. The van der Waals surface area contributed by atoms with Crippen molar-refractivity contribution in [2.45, 2.75) is 32.9 Å². The molecule has 0 aliphatic heterocycles. The van der Waals surface area contributed by atoms with E-state index in [1.807, 2.05) is 0 Å². The van der Waals surface area contributed by atoms with Gasteiger partial charge in [0.2, 0.25) is 0 Å². The number of hydrogen-bond donors (Lipinski definition) is 0. The van der Waals surface area contributed by atoms with Crippen LogP contribution in [0, 0.1) is 13.8 Å². The lowest BCUT2D eigenvalue weighted by Crippen LogP contribution is -1.98. The smallest absolute Gasteiger partial charge is 0.00740 e. The fourth-order valence-corrected chi connectivity index (χ4v) is 2.67. The monoisotopic (exact) mass is 234 g/mol. The zero-order valence-electron chi connectivity index (χ0n) is 10.8. The highest BCUT2D eigenvalue weighted by molar-refractivity contribution is 6.37. The average molecular weight is 234 g/mol. The summed E-state index contributed by atoms with van der Waals surface area (Å²) in [6.45, 7) is 9.01. The Hall–Kier alpha value is -0.606. The minimum absolute atomic E-state index is 0.907. The number of benzene rings is 1. The van der Waals surface area contributed by atoms with Crippen LogP contribution in [0.4, 0.5) is 0 Å². The largest absolute Gasteiger partial charge is 0.0737 e. The molecule has 1 aromatic rings. The van der Waals surface area contributed by atoms with E-state index >= 15 is 0 Å². The minimum Gasteiger partial charge on any atom is -0.0737 e. The first-order valence-corrected chi connectivity index (χ1v) is 8.00. The Balaban J connectivity index is 3.29. The van der Waals surface area contributed by atoms with E-state index in [1.54, 1.807) is 5.57 Å². The summed E-state index contributed by atoms with van der Waals surface area (Å²) in [6, 6.07) is 6.62. The molecule has 0 atom stereocenters. The lowest BCUT2D eigenvalue weighted by Gasteiger charge is -2.14. The molecule has 1 rings (SSSR count). The van der Waals surface area contributed by atoms with Crippen LogP contribution >= 0.6 is 0 Å². The zero-order chi connectivity index (χ0) is 11.6. The number of allylic oxidation sites excluding steroid dienone is 2. The second-order valence-electron chi connectivity index (χ2n) is 4.71. The Morgan fingerprint density at radius 2 is 1.73 bits per heavy atom. The first-order chi connectivity index (χ1) is 6.95. The highest BCUT2D eigenvalue weighted by atomic mass is 28.2. The second kappa shape index (κ2) is 4.95. The molecule has 0 saturated heterocycles. The van der Waals surface area contributed by atoms with E-state index in [1.165, 1.54) is 42.7 Å². The van der Waals surface area contributed by atoms with Gasteiger partial charge in [-0.25, -0.2) is 0 Å². The number of aryl methyl sites for hydroxylation is 1. The molecule has 0 spiro atoms. The van der Waals surface area contributed by atoms with Crippen molar-refractivity contribution in [1.82, 2.24) is 0 Å². The quantitative estimate of drug-likeness (QED) is 0.682. The molecule has 82 valence electrons. The first kappa shape index (κ1) is 12.5. The van der Waals surface area contributed by atoms with Crippen LogP contribution in [0.5, 0.6) is 0 Å². The highest BCUT2D eigenvalue weighted by Crippen LogP contribution is 2.26. The van der Waals surface area contributed by atoms with E-state index in [9.17, 15) is 0 Å². The van der Waals surface area contributed by atoms with Crippen LogP contribution in [-0.2, 0) is 0 Å². The van der Waals surface area contributed by atoms with Crippen molar-refractivity contribution in [3.63, 3.8) is 0 Å². The summed E-state index contributed by atoms with van der Waals surface area (Å²) in [5.74, 6) is 0. The molecule has 0 amide bonds. The molecule has 2 heteroatoms. The molecule has 15 heavy (non-hydrogen) atoms. The van der Waals surface area contributed by atoms with E-state index in [-0.39, 0.29) is 0 Å². The molecule has 0 bridgehead atoms. The van der Waals surface area contributed by atoms with Crippen molar-refractivity contribution in [2.75, 3.05) is 0 Å². The predicted octanol–water partition coefficient (Wildman–Crippen LogP) is 1.57. The molecule has 0 nitrogen and oxygen atoms in total. The first-order valence-electron chi connectivity index (χ1n) is 5.69. The van der Waals surface area contributed by atoms with Gasteiger partial charge in [-0.05, 0) is 55.1 Å². The predicted molar refractivity (Wildman–Crippen MR) is 77.8 cm³/mol. The summed E-state index contributed by atoms with van der Waals surface area (Å²) in [6.07, 6.45) is 0. The van der Waals surface area contributed by atoms with Crippen LogP contribution in [0.15, 0.2) is 23.8 Å². The summed E-state index contributed by atoms with van der Waals surface area (Å²) in [5, 5.41) is 0.907. The van der Waals surface area contributed by atoms with Crippen LogP contribution in [0.25, 0.3) is 5.57 Å².